The number of aromatic carboxylic acids is 1. The smallest absolute Gasteiger partial charge is 0.337 e. The van der Waals surface area contributed by atoms with Crippen molar-refractivity contribution < 1.29 is 50.2 Å². The number of amides is 1. The Bertz CT molecular complexity index is 2780. The van der Waals surface area contributed by atoms with Crippen LogP contribution in [0.15, 0.2) is 31.8 Å². The predicted molar refractivity (Wildman–Crippen MR) is 234 cm³/mol. The standard InChI is InChI=1S/C41H46Cl3N3O11S3/c1-18-15-40(4,5)46-32-21(18)13-23-26(27-28(39(50)51)29(42)31(44)36(30(27)43)59-17-25(49)45-12-10-8-9-11-20(3)48)24-14-22-19(2)16-41(6,7)47-33(22)38(61(55,56)57)35(24)58-34(23)37(32)60(52,53)54/h13-14,18-19,46H,8-12,15-17H2,1-7H3,(H,45,49)(H,50,51)(H,52,53,54)(H,55,56,57). The predicted octanol–water partition coefficient (Wildman–Crippen LogP) is 8.15. The number of rotatable bonds is 13. The van der Waals surface area contributed by atoms with E-state index in [-0.39, 0.29) is 71.3 Å². The van der Waals surface area contributed by atoms with Crippen molar-refractivity contribution in [3.63, 3.8) is 0 Å². The Morgan fingerprint density at radius 1 is 0.902 bits per heavy atom. The van der Waals surface area contributed by atoms with E-state index in [9.17, 15) is 45.4 Å². The van der Waals surface area contributed by atoms with E-state index in [0.29, 0.717) is 56.2 Å². The molecule has 3 aliphatic rings. The number of ketones is 1. The van der Waals surface area contributed by atoms with Crippen molar-refractivity contribution in [1.29, 1.82) is 0 Å². The van der Waals surface area contributed by atoms with Gasteiger partial charge in [0.2, 0.25) is 5.91 Å². The summed E-state index contributed by atoms with van der Waals surface area (Å²) in [5, 5.41) is 15.4. The van der Waals surface area contributed by atoms with Crippen molar-refractivity contribution in [2.45, 2.75) is 125 Å². The third kappa shape index (κ3) is 9.31. The van der Waals surface area contributed by atoms with Gasteiger partial charge in [-0.3, -0.25) is 18.9 Å². The lowest BCUT2D eigenvalue weighted by atomic mass is 9.79. The van der Waals surface area contributed by atoms with Crippen molar-refractivity contribution >= 4 is 95.7 Å². The molecule has 0 spiro atoms. The average Bonchev–Trinajstić information content (AvgIpc) is 3.10. The van der Waals surface area contributed by atoms with Crippen molar-refractivity contribution in [3.05, 3.63) is 65.6 Å². The molecule has 1 amide bonds. The first-order chi connectivity index (χ1) is 28.1. The molecule has 6 rings (SSSR count). The van der Waals surface area contributed by atoms with E-state index in [1.165, 1.54) is 6.92 Å². The number of halogens is 3. The quantitative estimate of drug-likeness (QED) is 0.0370. The molecular weight excluding hydrogens is 913 g/mol. The number of anilines is 1. The molecule has 20 heteroatoms. The Hall–Kier alpha value is -3.42. The molecule has 0 saturated carbocycles. The van der Waals surface area contributed by atoms with E-state index in [1.54, 1.807) is 26.0 Å². The van der Waals surface area contributed by atoms with Gasteiger partial charge in [-0.2, -0.15) is 16.8 Å². The highest BCUT2D eigenvalue weighted by Gasteiger charge is 2.43. The van der Waals surface area contributed by atoms with Gasteiger partial charge in [-0.1, -0.05) is 55.1 Å². The number of carboxylic acid groups (broad SMARTS) is 1. The van der Waals surface area contributed by atoms with Crippen molar-refractivity contribution in [2.24, 2.45) is 4.99 Å². The molecule has 61 heavy (non-hydrogen) atoms. The Morgan fingerprint density at radius 2 is 1.54 bits per heavy atom. The second kappa shape index (κ2) is 16.9. The molecule has 3 aromatic carbocycles. The number of fused-ring (bicyclic) bond motifs is 4. The summed E-state index contributed by atoms with van der Waals surface area (Å²) in [6, 6.07) is 3.11. The van der Waals surface area contributed by atoms with Gasteiger partial charge in [0, 0.05) is 45.3 Å². The lowest BCUT2D eigenvalue weighted by Gasteiger charge is -2.40. The fourth-order valence-electron chi connectivity index (χ4n) is 8.66. The van der Waals surface area contributed by atoms with Crippen LogP contribution < -0.4 is 25.9 Å². The molecule has 0 aromatic heterocycles. The largest absolute Gasteiger partial charge is 0.478 e. The molecule has 0 radical (unpaired) electrons. The summed E-state index contributed by atoms with van der Waals surface area (Å²) in [6.45, 7) is 12.7. The monoisotopic (exact) mass is 957 g/mol. The zero-order valence-electron chi connectivity index (χ0n) is 34.4. The Kier molecular flexibility index (Phi) is 13.1. The highest BCUT2D eigenvalue weighted by molar-refractivity contribution is 8.00. The summed E-state index contributed by atoms with van der Waals surface area (Å²) in [6.07, 6.45) is 3.38. The summed E-state index contributed by atoms with van der Waals surface area (Å²) >= 11 is 21.6. The van der Waals surface area contributed by atoms with Crippen LogP contribution in [0.1, 0.15) is 131 Å². The van der Waals surface area contributed by atoms with E-state index >= 15 is 0 Å². The maximum absolute atomic E-state index is 13.6. The maximum atomic E-state index is 13.6. The SMILES string of the molecule is CC(=O)CCCCCNC(=O)CSc1c(Cl)c(Cl)c(C(=O)O)c(C2=c3cc4c(c(S(=O)(=O)O)c3Oc3c2cc2c(c3S(=O)(=O)O)NC(C)(C)CC2C)=NC(C)(C)CC4C)c1Cl. The number of carbonyl (C=O) groups excluding carboxylic acids is 2. The molecule has 3 aromatic rings. The molecule has 0 fully saturated rings. The van der Waals surface area contributed by atoms with Crippen LogP contribution in [0.25, 0.3) is 5.57 Å². The Balaban J connectivity index is 1.73. The molecule has 0 saturated heterocycles. The fraction of sp³-hybridized carbons (Fsp3) is 0.463. The number of hydrogen-bond acceptors (Lipinski definition) is 11. The molecule has 0 bridgehead atoms. The summed E-state index contributed by atoms with van der Waals surface area (Å²) in [4.78, 5) is 40.7. The zero-order chi connectivity index (χ0) is 45.3. The summed E-state index contributed by atoms with van der Waals surface area (Å²) in [5.41, 5.74) is -2.07. The van der Waals surface area contributed by atoms with Crippen LogP contribution in [0.5, 0.6) is 11.5 Å². The van der Waals surface area contributed by atoms with Crippen LogP contribution in [0, 0.1) is 0 Å². The number of thioether (sulfide) groups is 1. The first-order valence-electron chi connectivity index (χ1n) is 19.4. The number of carboxylic acids is 1. The molecule has 5 N–H and O–H groups in total. The third-order valence-electron chi connectivity index (χ3n) is 10.9. The topological polar surface area (TPSA) is 226 Å². The lowest BCUT2D eigenvalue weighted by Crippen LogP contribution is -2.39. The minimum Gasteiger partial charge on any atom is -0.478 e. The zero-order valence-corrected chi connectivity index (χ0v) is 39.1. The molecular formula is C41H46Cl3N3O11S3. The summed E-state index contributed by atoms with van der Waals surface area (Å²) in [5.74, 6) is -4.17. The summed E-state index contributed by atoms with van der Waals surface area (Å²) in [7, 11) is -10.5. The highest BCUT2D eigenvalue weighted by Crippen LogP contribution is 2.54. The van der Waals surface area contributed by atoms with Crippen LogP contribution in [0.2, 0.25) is 15.1 Å². The number of hydrogen-bond donors (Lipinski definition) is 5. The van der Waals surface area contributed by atoms with Gasteiger partial charge in [-0.25, -0.2) is 4.79 Å². The maximum Gasteiger partial charge on any atom is 0.337 e. The number of Topliss-reactive ketones (excluding diaryl/α,β-unsaturated/α-hetero) is 1. The second-order valence-corrected chi connectivity index (χ2v) is 22.0. The van der Waals surface area contributed by atoms with Gasteiger partial charge in [-0.15, -0.1) is 11.8 Å². The van der Waals surface area contributed by atoms with Gasteiger partial charge in [0.1, 0.15) is 5.78 Å². The number of ether oxygens (including phenoxy) is 1. The first-order valence-corrected chi connectivity index (χ1v) is 24.4. The van der Waals surface area contributed by atoms with Crippen molar-refractivity contribution in [1.82, 2.24) is 5.32 Å². The Morgan fingerprint density at radius 3 is 2.15 bits per heavy atom. The van der Waals surface area contributed by atoms with Gasteiger partial charge in [-0.05, 0) is 95.4 Å². The Labute approximate surface area is 373 Å². The van der Waals surface area contributed by atoms with Crippen LogP contribution in [-0.4, -0.2) is 72.1 Å². The average molecular weight is 959 g/mol. The number of unbranched alkanes of at least 4 members (excludes halogenated alkanes) is 2. The molecule has 14 nitrogen and oxygen atoms in total. The van der Waals surface area contributed by atoms with E-state index in [0.717, 1.165) is 11.8 Å². The van der Waals surface area contributed by atoms with Crippen molar-refractivity contribution in [2.75, 3.05) is 17.6 Å². The highest BCUT2D eigenvalue weighted by atomic mass is 35.5. The van der Waals surface area contributed by atoms with E-state index < -0.39 is 75.1 Å². The molecule has 2 atom stereocenters. The minimum absolute atomic E-state index is 0.0186. The van der Waals surface area contributed by atoms with Crippen LogP contribution in [0.3, 0.4) is 0 Å². The normalized spacial score (nSPS) is 18.7. The van der Waals surface area contributed by atoms with Crippen LogP contribution in [-0.2, 0) is 29.8 Å². The molecule has 2 unspecified atom stereocenters. The first kappa shape index (κ1) is 47.1. The minimum atomic E-state index is -5.27. The number of benzene rings is 3. The third-order valence-corrected chi connectivity index (χ3v) is 15.3. The van der Waals surface area contributed by atoms with Crippen LogP contribution in [0.4, 0.5) is 5.69 Å². The van der Waals surface area contributed by atoms with Gasteiger partial charge in [0.05, 0.1) is 43.0 Å². The number of nitrogens with one attached hydrogen (secondary N) is 2. The van der Waals surface area contributed by atoms with E-state index in [2.05, 4.69) is 10.6 Å². The molecule has 330 valence electrons. The van der Waals surface area contributed by atoms with Gasteiger partial charge < -0.3 is 25.3 Å². The fourth-order valence-corrected chi connectivity index (χ4v) is 12.3. The van der Waals surface area contributed by atoms with Crippen LogP contribution >= 0.6 is 46.6 Å². The van der Waals surface area contributed by atoms with Crippen molar-refractivity contribution in [3.8, 4) is 11.5 Å². The molecule has 3 heterocycles. The van der Waals surface area contributed by atoms with Gasteiger partial charge in [0.15, 0.2) is 21.3 Å². The van der Waals surface area contributed by atoms with E-state index in [1.807, 2.05) is 27.7 Å². The van der Waals surface area contributed by atoms with E-state index in [4.69, 9.17) is 44.5 Å². The number of carbonyl (C=O) groups is 3. The second-order valence-electron chi connectivity index (χ2n) is 17.1. The number of nitrogens with zero attached hydrogens (tertiary/aromatic N) is 1. The molecule has 3 aliphatic heterocycles. The summed E-state index contributed by atoms with van der Waals surface area (Å²) < 4.78 is 82.8. The lowest BCUT2D eigenvalue weighted by molar-refractivity contribution is -0.119. The van der Waals surface area contributed by atoms with Gasteiger partial charge >= 0.3 is 5.97 Å². The molecule has 0 aliphatic carbocycles. The van der Waals surface area contributed by atoms with Gasteiger partial charge in [0.25, 0.3) is 20.2 Å².